The maximum Gasteiger partial charge on any atom is 0.270 e. The van der Waals surface area contributed by atoms with E-state index in [4.69, 9.17) is 5.26 Å². The number of hydrogen-bond donors (Lipinski definition) is 0. The summed E-state index contributed by atoms with van der Waals surface area (Å²) in [5.41, 5.74) is 2.27. The van der Waals surface area contributed by atoms with Crippen LogP contribution in [0.4, 0.5) is 5.69 Å². The van der Waals surface area contributed by atoms with Gasteiger partial charge in [-0.25, -0.2) is 0 Å². The van der Waals surface area contributed by atoms with Crippen molar-refractivity contribution in [3.63, 3.8) is 0 Å². The maximum atomic E-state index is 12.9. The normalized spacial score (nSPS) is 16.9. The highest BCUT2D eigenvalue weighted by molar-refractivity contribution is 5.93. The number of para-hydroxylation sites is 1. The average molecular weight is 322 g/mol. The quantitative estimate of drug-likeness (QED) is 0.869. The minimum atomic E-state index is 0.0166. The van der Waals surface area contributed by atoms with Crippen LogP contribution in [-0.4, -0.2) is 41.6 Å². The number of amides is 1. The highest BCUT2D eigenvalue weighted by Crippen LogP contribution is 2.23. The van der Waals surface area contributed by atoms with Crippen LogP contribution in [0.2, 0.25) is 0 Å². The molecule has 24 heavy (non-hydrogen) atoms. The zero-order valence-electron chi connectivity index (χ0n) is 14.1. The molecule has 0 aliphatic carbocycles. The van der Waals surface area contributed by atoms with E-state index in [1.165, 1.54) is 0 Å². The Balaban J connectivity index is 1.74. The number of nitrogens with zero attached hydrogens (tertiary/aromatic N) is 4. The first kappa shape index (κ1) is 16.1. The van der Waals surface area contributed by atoms with E-state index in [2.05, 4.69) is 30.1 Å². The molecule has 3 rings (SSSR count). The topological polar surface area (TPSA) is 52.3 Å². The van der Waals surface area contributed by atoms with Gasteiger partial charge in [0.05, 0.1) is 5.56 Å². The third-order valence-corrected chi connectivity index (χ3v) is 4.67. The van der Waals surface area contributed by atoms with Crippen LogP contribution in [0.25, 0.3) is 0 Å². The smallest absolute Gasteiger partial charge is 0.270 e. The van der Waals surface area contributed by atoms with Crippen LogP contribution in [-0.2, 0) is 7.05 Å². The van der Waals surface area contributed by atoms with E-state index < -0.39 is 0 Å². The molecule has 1 aliphatic heterocycles. The van der Waals surface area contributed by atoms with Gasteiger partial charge in [-0.05, 0) is 31.0 Å². The minimum Gasteiger partial charge on any atom is -0.373 e. The van der Waals surface area contributed by atoms with Crippen molar-refractivity contribution in [1.82, 2.24) is 9.47 Å². The second kappa shape index (κ2) is 6.79. The molecule has 0 bridgehead atoms. The Bertz CT molecular complexity index is 759. The first-order valence-electron chi connectivity index (χ1n) is 8.24. The monoisotopic (exact) mass is 322 g/mol. The van der Waals surface area contributed by atoms with Crippen molar-refractivity contribution in [2.45, 2.75) is 18.9 Å². The van der Waals surface area contributed by atoms with Crippen molar-refractivity contribution < 1.29 is 4.79 Å². The number of anilines is 1. The Morgan fingerprint density at radius 1 is 1.38 bits per heavy atom. The van der Waals surface area contributed by atoms with Gasteiger partial charge in [0.2, 0.25) is 0 Å². The van der Waals surface area contributed by atoms with E-state index in [1.54, 1.807) is 16.8 Å². The van der Waals surface area contributed by atoms with Gasteiger partial charge in [0.1, 0.15) is 11.8 Å². The van der Waals surface area contributed by atoms with Gasteiger partial charge < -0.3 is 14.4 Å². The highest BCUT2D eigenvalue weighted by atomic mass is 16.2. The summed E-state index contributed by atoms with van der Waals surface area (Å²) in [4.78, 5) is 17.1. The molecule has 0 spiro atoms. The van der Waals surface area contributed by atoms with Gasteiger partial charge in [-0.2, -0.15) is 5.26 Å². The molecular formula is C19H22N4O. The Labute approximate surface area is 142 Å². The van der Waals surface area contributed by atoms with Crippen molar-refractivity contribution in [2.24, 2.45) is 7.05 Å². The molecule has 2 heterocycles. The first-order chi connectivity index (χ1) is 11.6. The molecule has 1 saturated heterocycles. The predicted octanol–water partition coefficient (Wildman–Crippen LogP) is 2.64. The highest BCUT2D eigenvalue weighted by Gasteiger charge is 2.31. The van der Waals surface area contributed by atoms with E-state index in [-0.39, 0.29) is 11.9 Å². The molecule has 0 N–H and O–H groups in total. The Kier molecular flexibility index (Phi) is 4.57. The fourth-order valence-electron chi connectivity index (χ4n) is 3.38. The van der Waals surface area contributed by atoms with Gasteiger partial charge in [0.25, 0.3) is 5.91 Å². The van der Waals surface area contributed by atoms with Crippen LogP contribution < -0.4 is 4.90 Å². The zero-order chi connectivity index (χ0) is 17.1. The molecule has 1 aliphatic rings. The molecule has 0 unspecified atom stereocenters. The molecule has 1 atom stereocenters. The number of likely N-dealkylation sites (tertiary alicyclic amines) is 1. The van der Waals surface area contributed by atoms with Crippen LogP contribution in [0, 0.1) is 11.3 Å². The second-order valence-electron chi connectivity index (χ2n) is 6.35. The predicted molar refractivity (Wildman–Crippen MR) is 93.9 cm³/mol. The van der Waals surface area contributed by atoms with Crippen molar-refractivity contribution in [3.8, 4) is 6.07 Å². The van der Waals surface area contributed by atoms with Crippen molar-refractivity contribution in [2.75, 3.05) is 25.0 Å². The number of carbonyl (C=O) groups is 1. The molecule has 0 radical (unpaired) electrons. The number of carbonyl (C=O) groups excluding carboxylic acids is 1. The third kappa shape index (κ3) is 3.13. The fraction of sp³-hybridized carbons (Fsp3) is 0.368. The van der Waals surface area contributed by atoms with Crippen LogP contribution in [0.15, 0.2) is 42.6 Å². The van der Waals surface area contributed by atoms with E-state index in [9.17, 15) is 4.79 Å². The van der Waals surface area contributed by atoms with Crippen LogP contribution in [0.1, 0.15) is 28.9 Å². The van der Waals surface area contributed by atoms with E-state index >= 15 is 0 Å². The lowest BCUT2D eigenvalue weighted by Gasteiger charge is -2.30. The van der Waals surface area contributed by atoms with E-state index in [0.29, 0.717) is 11.3 Å². The molecule has 1 aromatic heterocycles. The molecular weight excluding hydrogens is 300 g/mol. The number of aryl methyl sites for hydroxylation is 1. The summed E-state index contributed by atoms with van der Waals surface area (Å²) in [5.74, 6) is 0.0166. The van der Waals surface area contributed by atoms with Gasteiger partial charge in [-0.15, -0.1) is 0 Å². The molecule has 1 amide bonds. The lowest BCUT2D eigenvalue weighted by Crippen LogP contribution is -2.42. The number of hydrogen-bond acceptors (Lipinski definition) is 3. The van der Waals surface area contributed by atoms with Crippen molar-refractivity contribution >= 4 is 11.6 Å². The summed E-state index contributed by atoms with van der Waals surface area (Å²) < 4.78 is 1.75. The van der Waals surface area contributed by atoms with Gasteiger partial charge in [0.15, 0.2) is 0 Å². The summed E-state index contributed by atoms with van der Waals surface area (Å²) >= 11 is 0. The average Bonchev–Trinajstić information content (AvgIpc) is 3.21. The maximum absolute atomic E-state index is 12.9. The summed E-state index contributed by atoms with van der Waals surface area (Å²) in [6, 6.07) is 14.2. The third-order valence-electron chi connectivity index (χ3n) is 4.67. The molecule has 5 heteroatoms. The summed E-state index contributed by atoms with van der Waals surface area (Å²) in [5, 5.41) is 9.02. The molecule has 1 aromatic carbocycles. The number of aromatic nitrogens is 1. The molecule has 2 aromatic rings. The second-order valence-corrected chi connectivity index (χ2v) is 6.35. The largest absolute Gasteiger partial charge is 0.373 e. The minimum absolute atomic E-state index is 0.0166. The van der Waals surface area contributed by atoms with E-state index in [0.717, 1.165) is 31.6 Å². The molecule has 0 saturated carbocycles. The fourth-order valence-corrected chi connectivity index (χ4v) is 3.38. The summed E-state index contributed by atoms with van der Waals surface area (Å²) in [6.07, 6.45) is 3.74. The Morgan fingerprint density at radius 2 is 2.12 bits per heavy atom. The van der Waals surface area contributed by atoms with Gasteiger partial charge >= 0.3 is 0 Å². The molecule has 1 fully saturated rings. The summed E-state index contributed by atoms with van der Waals surface area (Å²) in [6.45, 7) is 1.59. The zero-order valence-corrected chi connectivity index (χ0v) is 14.1. The van der Waals surface area contributed by atoms with Crippen LogP contribution in [0.5, 0.6) is 0 Å². The Hall–Kier alpha value is -2.74. The lowest BCUT2D eigenvalue weighted by molar-refractivity contribution is 0.0731. The SMILES string of the molecule is CN(C[C@@H]1CCCN1C(=O)c1cc(C#N)cn1C)c1ccccc1. The van der Waals surface area contributed by atoms with E-state index in [1.807, 2.05) is 30.1 Å². The van der Waals surface area contributed by atoms with Gasteiger partial charge in [-0.3, -0.25) is 4.79 Å². The number of rotatable bonds is 4. The number of likely N-dealkylation sites (N-methyl/N-ethyl adjacent to an activating group) is 1. The molecule has 5 nitrogen and oxygen atoms in total. The van der Waals surface area contributed by atoms with Crippen LogP contribution in [0.3, 0.4) is 0 Å². The van der Waals surface area contributed by atoms with Gasteiger partial charge in [-0.1, -0.05) is 18.2 Å². The number of benzene rings is 1. The molecule has 124 valence electrons. The van der Waals surface area contributed by atoms with Gasteiger partial charge in [0, 0.05) is 45.1 Å². The Morgan fingerprint density at radius 3 is 2.79 bits per heavy atom. The standard InChI is InChI=1S/C19H22N4O/c1-21(16-7-4-3-5-8-16)14-17-9-6-10-23(17)19(24)18-11-15(12-20)13-22(18)2/h3-5,7-8,11,13,17H,6,9-10,14H2,1-2H3/t17-/m0/s1. The summed E-state index contributed by atoms with van der Waals surface area (Å²) in [7, 11) is 3.88. The van der Waals surface area contributed by atoms with Crippen molar-refractivity contribution in [3.05, 3.63) is 53.9 Å². The van der Waals surface area contributed by atoms with Crippen LogP contribution >= 0.6 is 0 Å². The first-order valence-corrected chi connectivity index (χ1v) is 8.24. The lowest BCUT2D eigenvalue weighted by atomic mass is 10.2. The van der Waals surface area contributed by atoms with Crippen molar-refractivity contribution in [1.29, 1.82) is 5.26 Å². The number of nitriles is 1.